The molecule has 8 heteroatoms. The fourth-order valence-corrected chi connectivity index (χ4v) is 2.65. The van der Waals surface area contributed by atoms with E-state index in [4.69, 9.17) is 27.6 Å². The third-order valence-electron chi connectivity index (χ3n) is 3.66. The molecule has 142 valence electrons. The third-order valence-corrected chi connectivity index (χ3v) is 4.40. The van der Waals surface area contributed by atoms with E-state index < -0.39 is 0 Å². The molecule has 0 unspecified atom stereocenters. The lowest BCUT2D eigenvalue weighted by molar-refractivity contribution is -0.114. The quantitative estimate of drug-likeness (QED) is 0.455. The SMILES string of the molecule is CC(=O)Nc1ccc(C(=O)NN=Cc2ccc(-c3ccc(Cl)c(Cl)c3)o2)cc1. The molecule has 2 N–H and O–H groups in total. The molecule has 0 radical (unpaired) electrons. The maximum Gasteiger partial charge on any atom is 0.271 e. The molecule has 3 aromatic rings. The highest BCUT2D eigenvalue weighted by Gasteiger charge is 2.07. The van der Waals surface area contributed by atoms with Crippen LogP contribution in [0.3, 0.4) is 0 Å². The van der Waals surface area contributed by atoms with E-state index >= 15 is 0 Å². The molecule has 0 fully saturated rings. The number of nitrogens with one attached hydrogen (secondary N) is 2. The van der Waals surface area contributed by atoms with Gasteiger partial charge in [-0.15, -0.1) is 0 Å². The van der Waals surface area contributed by atoms with Crippen LogP contribution >= 0.6 is 23.2 Å². The van der Waals surface area contributed by atoms with Crippen LogP contribution in [0.2, 0.25) is 10.0 Å². The van der Waals surface area contributed by atoms with Crippen molar-refractivity contribution in [3.8, 4) is 11.3 Å². The molecule has 0 bridgehead atoms. The monoisotopic (exact) mass is 415 g/mol. The van der Waals surface area contributed by atoms with Crippen molar-refractivity contribution in [2.45, 2.75) is 6.92 Å². The van der Waals surface area contributed by atoms with Crippen LogP contribution < -0.4 is 10.7 Å². The van der Waals surface area contributed by atoms with Crippen molar-refractivity contribution in [1.29, 1.82) is 0 Å². The van der Waals surface area contributed by atoms with Crippen LogP contribution in [0.1, 0.15) is 23.0 Å². The van der Waals surface area contributed by atoms with Gasteiger partial charge in [0.15, 0.2) is 0 Å². The van der Waals surface area contributed by atoms with E-state index in [1.54, 1.807) is 54.6 Å². The molecule has 28 heavy (non-hydrogen) atoms. The standard InChI is InChI=1S/C20H15Cl2N3O3/c1-12(26)24-15-5-2-13(3-6-15)20(27)25-23-11-16-7-9-19(28-16)14-4-8-17(21)18(22)10-14/h2-11H,1H3,(H,24,26)(H,25,27). The lowest BCUT2D eigenvalue weighted by atomic mass is 10.2. The molecule has 0 atom stereocenters. The Hall–Kier alpha value is -3.09. The highest BCUT2D eigenvalue weighted by molar-refractivity contribution is 6.42. The van der Waals surface area contributed by atoms with Crippen molar-refractivity contribution < 1.29 is 14.0 Å². The number of carbonyl (C=O) groups is 2. The van der Waals surface area contributed by atoms with Gasteiger partial charge in [0.1, 0.15) is 11.5 Å². The van der Waals surface area contributed by atoms with Crippen LogP contribution in [0.4, 0.5) is 5.69 Å². The molecule has 1 heterocycles. The zero-order valence-corrected chi connectivity index (χ0v) is 16.2. The minimum absolute atomic E-state index is 0.180. The molecule has 0 aliphatic rings. The minimum atomic E-state index is -0.387. The van der Waals surface area contributed by atoms with Gasteiger partial charge in [-0.05, 0) is 54.6 Å². The smallest absolute Gasteiger partial charge is 0.271 e. The lowest BCUT2D eigenvalue weighted by Gasteiger charge is -2.03. The molecule has 0 saturated carbocycles. The maximum atomic E-state index is 12.1. The van der Waals surface area contributed by atoms with Crippen molar-refractivity contribution in [3.63, 3.8) is 0 Å². The number of benzene rings is 2. The van der Waals surface area contributed by atoms with Gasteiger partial charge in [0, 0.05) is 23.7 Å². The second kappa shape index (κ2) is 8.73. The Balaban J connectivity index is 1.61. The van der Waals surface area contributed by atoms with Gasteiger partial charge in [0.25, 0.3) is 5.91 Å². The van der Waals surface area contributed by atoms with Crippen molar-refractivity contribution in [2.24, 2.45) is 5.10 Å². The number of hydrogen-bond acceptors (Lipinski definition) is 4. The minimum Gasteiger partial charge on any atom is -0.455 e. The maximum absolute atomic E-state index is 12.1. The molecule has 0 saturated heterocycles. The first kappa shape index (κ1) is 19.7. The summed E-state index contributed by atoms with van der Waals surface area (Å²) in [5.41, 5.74) is 4.21. The van der Waals surface area contributed by atoms with Gasteiger partial charge in [-0.3, -0.25) is 9.59 Å². The van der Waals surface area contributed by atoms with E-state index in [0.717, 1.165) is 5.56 Å². The number of hydrazone groups is 1. The first-order valence-corrected chi connectivity index (χ1v) is 8.94. The van der Waals surface area contributed by atoms with E-state index in [9.17, 15) is 9.59 Å². The average molecular weight is 416 g/mol. The van der Waals surface area contributed by atoms with Crippen molar-refractivity contribution in [1.82, 2.24) is 5.43 Å². The zero-order chi connectivity index (χ0) is 20.1. The number of rotatable bonds is 5. The van der Waals surface area contributed by atoms with Crippen LogP contribution in [0.25, 0.3) is 11.3 Å². The van der Waals surface area contributed by atoms with Gasteiger partial charge in [0.2, 0.25) is 5.91 Å². The second-order valence-corrected chi connectivity index (χ2v) is 6.60. The Morgan fingerprint density at radius 3 is 2.43 bits per heavy atom. The Labute approximate surface area is 171 Å². The highest BCUT2D eigenvalue weighted by Crippen LogP contribution is 2.29. The van der Waals surface area contributed by atoms with Crippen molar-refractivity contribution >= 4 is 46.9 Å². The van der Waals surface area contributed by atoms with E-state index in [1.807, 2.05) is 0 Å². The van der Waals surface area contributed by atoms with Gasteiger partial charge < -0.3 is 9.73 Å². The lowest BCUT2D eigenvalue weighted by Crippen LogP contribution is -2.17. The van der Waals surface area contributed by atoms with Crippen LogP contribution in [0.5, 0.6) is 0 Å². The Bertz CT molecular complexity index is 1040. The molecule has 2 aromatic carbocycles. The summed E-state index contributed by atoms with van der Waals surface area (Å²) in [6.45, 7) is 1.41. The summed E-state index contributed by atoms with van der Waals surface area (Å²) in [5.74, 6) is 0.490. The average Bonchev–Trinajstić information content (AvgIpc) is 3.13. The van der Waals surface area contributed by atoms with Gasteiger partial charge in [-0.2, -0.15) is 5.10 Å². The fraction of sp³-hybridized carbons (Fsp3) is 0.0500. The summed E-state index contributed by atoms with van der Waals surface area (Å²) < 4.78 is 5.66. The molecule has 2 amide bonds. The Morgan fingerprint density at radius 2 is 1.75 bits per heavy atom. The Morgan fingerprint density at radius 1 is 1.00 bits per heavy atom. The van der Waals surface area contributed by atoms with Gasteiger partial charge in [0.05, 0.1) is 16.3 Å². The van der Waals surface area contributed by atoms with Crippen molar-refractivity contribution in [2.75, 3.05) is 5.32 Å². The van der Waals surface area contributed by atoms with Crippen molar-refractivity contribution in [3.05, 3.63) is 76.0 Å². The second-order valence-electron chi connectivity index (χ2n) is 5.79. The zero-order valence-electron chi connectivity index (χ0n) is 14.7. The van der Waals surface area contributed by atoms with Crippen LogP contribution in [0, 0.1) is 0 Å². The summed E-state index contributed by atoms with van der Waals surface area (Å²) in [6, 6.07) is 15.1. The third kappa shape index (κ3) is 5.00. The summed E-state index contributed by atoms with van der Waals surface area (Å²) in [4.78, 5) is 23.1. The number of hydrogen-bond donors (Lipinski definition) is 2. The van der Waals surface area contributed by atoms with Gasteiger partial charge >= 0.3 is 0 Å². The highest BCUT2D eigenvalue weighted by atomic mass is 35.5. The predicted molar refractivity (Wildman–Crippen MR) is 110 cm³/mol. The van der Waals surface area contributed by atoms with Gasteiger partial charge in [-0.25, -0.2) is 5.43 Å². The number of carbonyl (C=O) groups excluding carboxylic acids is 2. The van der Waals surface area contributed by atoms with Gasteiger partial charge in [-0.1, -0.05) is 23.2 Å². The van der Waals surface area contributed by atoms with E-state index in [1.165, 1.54) is 13.1 Å². The van der Waals surface area contributed by atoms with E-state index in [2.05, 4.69) is 15.8 Å². The van der Waals surface area contributed by atoms with Crippen LogP contribution in [0.15, 0.2) is 64.1 Å². The molecule has 1 aromatic heterocycles. The largest absolute Gasteiger partial charge is 0.455 e. The summed E-state index contributed by atoms with van der Waals surface area (Å²) in [7, 11) is 0. The molecule has 0 aliphatic heterocycles. The normalized spacial score (nSPS) is 10.8. The number of halogens is 2. The predicted octanol–water partition coefficient (Wildman–Crippen LogP) is 4.98. The molecule has 6 nitrogen and oxygen atoms in total. The van der Waals surface area contributed by atoms with Crippen LogP contribution in [-0.4, -0.2) is 18.0 Å². The Kier molecular flexibility index (Phi) is 6.13. The summed E-state index contributed by atoms with van der Waals surface area (Å²) in [6.07, 6.45) is 1.39. The molecule has 3 rings (SSSR count). The summed E-state index contributed by atoms with van der Waals surface area (Å²) in [5, 5.41) is 7.42. The molecular formula is C20H15Cl2N3O3. The fourth-order valence-electron chi connectivity index (χ4n) is 2.35. The summed E-state index contributed by atoms with van der Waals surface area (Å²) >= 11 is 11.9. The number of amides is 2. The first-order chi connectivity index (χ1) is 13.4. The molecule has 0 spiro atoms. The van der Waals surface area contributed by atoms with Crippen LogP contribution in [-0.2, 0) is 4.79 Å². The van der Waals surface area contributed by atoms with E-state index in [0.29, 0.717) is 32.8 Å². The number of nitrogens with zero attached hydrogens (tertiary/aromatic N) is 1. The first-order valence-electron chi connectivity index (χ1n) is 8.19. The van der Waals surface area contributed by atoms with E-state index in [-0.39, 0.29) is 11.8 Å². The molecular weight excluding hydrogens is 401 g/mol. The topological polar surface area (TPSA) is 83.7 Å². The molecule has 0 aliphatic carbocycles. The number of anilines is 1. The number of furan rings is 1.